The second-order valence-electron chi connectivity index (χ2n) is 4.97. The SMILES string of the molecule is Cc1ccc(CCC(=O)c2ccc(Cl)cc2Cl)cc1C. The number of ketones is 1. The average Bonchev–Trinajstić information content (AvgIpc) is 2.40. The van der Waals surface area contributed by atoms with Crippen molar-refractivity contribution in [1.82, 2.24) is 0 Å². The molecule has 0 aliphatic heterocycles. The number of rotatable bonds is 4. The molecule has 20 heavy (non-hydrogen) atoms. The van der Waals surface area contributed by atoms with Crippen LogP contribution in [0.1, 0.15) is 33.5 Å². The lowest BCUT2D eigenvalue weighted by molar-refractivity contribution is 0.0983. The Balaban J connectivity index is 2.06. The molecule has 0 unspecified atom stereocenters. The Kier molecular flexibility index (Phi) is 4.85. The van der Waals surface area contributed by atoms with Gasteiger partial charge < -0.3 is 0 Å². The first kappa shape index (κ1) is 15.1. The molecule has 2 rings (SSSR count). The van der Waals surface area contributed by atoms with Gasteiger partial charge >= 0.3 is 0 Å². The first-order valence-electron chi connectivity index (χ1n) is 6.52. The quantitative estimate of drug-likeness (QED) is 0.689. The second kappa shape index (κ2) is 6.43. The Labute approximate surface area is 129 Å². The molecule has 0 N–H and O–H groups in total. The predicted molar refractivity (Wildman–Crippen MR) is 85.0 cm³/mol. The van der Waals surface area contributed by atoms with E-state index in [1.54, 1.807) is 18.2 Å². The average molecular weight is 307 g/mol. The van der Waals surface area contributed by atoms with Crippen LogP contribution in [0.3, 0.4) is 0 Å². The molecule has 0 amide bonds. The number of aryl methyl sites for hydroxylation is 3. The lowest BCUT2D eigenvalue weighted by atomic mass is 10.00. The van der Waals surface area contributed by atoms with Crippen molar-refractivity contribution in [3.8, 4) is 0 Å². The van der Waals surface area contributed by atoms with Gasteiger partial charge in [-0.3, -0.25) is 4.79 Å². The van der Waals surface area contributed by atoms with Gasteiger partial charge in [-0.15, -0.1) is 0 Å². The highest BCUT2D eigenvalue weighted by molar-refractivity contribution is 6.36. The van der Waals surface area contributed by atoms with E-state index in [4.69, 9.17) is 23.2 Å². The van der Waals surface area contributed by atoms with E-state index >= 15 is 0 Å². The zero-order valence-electron chi connectivity index (χ0n) is 11.5. The normalized spacial score (nSPS) is 10.6. The molecule has 104 valence electrons. The summed E-state index contributed by atoms with van der Waals surface area (Å²) >= 11 is 11.9. The van der Waals surface area contributed by atoms with Crippen LogP contribution in [-0.4, -0.2) is 5.78 Å². The van der Waals surface area contributed by atoms with Gasteiger partial charge in [-0.2, -0.15) is 0 Å². The fraction of sp³-hybridized carbons (Fsp3) is 0.235. The monoisotopic (exact) mass is 306 g/mol. The molecule has 0 spiro atoms. The van der Waals surface area contributed by atoms with Crippen LogP contribution in [-0.2, 0) is 6.42 Å². The molecule has 2 aromatic carbocycles. The number of carbonyl (C=O) groups excluding carboxylic acids is 1. The third-order valence-electron chi connectivity index (χ3n) is 3.44. The second-order valence-corrected chi connectivity index (χ2v) is 5.81. The molecular formula is C17H16Cl2O. The van der Waals surface area contributed by atoms with Crippen molar-refractivity contribution in [2.45, 2.75) is 26.7 Å². The summed E-state index contributed by atoms with van der Waals surface area (Å²) in [5, 5.41) is 0.961. The van der Waals surface area contributed by atoms with Gasteiger partial charge in [-0.05, 0) is 55.2 Å². The largest absolute Gasteiger partial charge is 0.294 e. The lowest BCUT2D eigenvalue weighted by Crippen LogP contribution is -2.02. The van der Waals surface area contributed by atoms with Crippen molar-refractivity contribution in [1.29, 1.82) is 0 Å². The Morgan fingerprint density at radius 1 is 1.00 bits per heavy atom. The Morgan fingerprint density at radius 3 is 2.40 bits per heavy atom. The first-order chi connectivity index (χ1) is 9.47. The summed E-state index contributed by atoms with van der Waals surface area (Å²) in [7, 11) is 0. The van der Waals surface area contributed by atoms with Gasteiger partial charge in [0.1, 0.15) is 0 Å². The summed E-state index contributed by atoms with van der Waals surface area (Å²) in [6.45, 7) is 4.16. The Bertz CT molecular complexity index is 647. The summed E-state index contributed by atoms with van der Waals surface area (Å²) in [6, 6.07) is 11.3. The van der Waals surface area contributed by atoms with Crippen LogP contribution in [0.5, 0.6) is 0 Å². The molecular weight excluding hydrogens is 291 g/mol. The summed E-state index contributed by atoms with van der Waals surface area (Å²) in [6.07, 6.45) is 1.17. The van der Waals surface area contributed by atoms with Crippen molar-refractivity contribution in [2.75, 3.05) is 0 Å². The van der Waals surface area contributed by atoms with E-state index in [-0.39, 0.29) is 5.78 Å². The zero-order valence-corrected chi connectivity index (χ0v) is 13.1. The van der Waals surface area contributed by atoms with Crippen molar-refractivity contribution in [3.05, 3.63) is 68.7 Å². The Hall–Kier alpha value is -1.31. The minimum Gasteiger partial charge on any atom is -0.294 e. The van der Waals surface area contributed by atoms with Gasteiger partial charge in [0, 0.05) is 17.0 Å². The minimum absolute atomic E-state index is 0.0462. The highest BCUT2D eigenvalue weighted by Crippen LogP contribution is 2.23. The number of hydrogen-bond acceptors (Lipinski definition) is 1. The first-order valence-corrected chi connectivity index (χ1v) is 7.27. The minimum atomic E-state index is 0.0462. The highest BCUT2D eigenvalue weighted by Gasteiger charge is 2.11. The van der Waals surface area contributed by atoms with Crippen LogP contribution in [0.15, 0.2) is 36.4 Å². The topological polar surface area (TPSA) is 17.1 Å². The van der Waals surface area contributed by atoms with E-state index in [9.17, 15) is 4.79 Å². The molecule has 0 fully saturated rings. The van der Waals surface area contributed by atoms with Crippen LogP contribution in [0.25, 0.3) is 0 Å². The number of halogens is 2. The van der Waals surface area contributed by atoms with Gasteiger partial charge in [0.05, 0.1) is 5.02 Å². The third-order valence-corrected chi connectivity index (χ3v) is 3.99. The fourth-order valence-corrected chi connectivity index (χ4v) is 2.58. The van der Waals surface area contributed by atoms with E-state index in [0.29, 0.717) is 22.0 Å². The zero-order chi connectivity index (χ0) is 14.7. The van der Waals surface area contributed by atoms with Crippen LogP contribution >= 0.6 is 23.2 Å². The summed E-state index contributed by atoms with van der Waals surface area (Å²) in [4.78, 5) is 12.2. The van der Waals surface area contributed by atoms with Gasteiger partial charge in [0.15, 0.2) is 5.78 Å². The van der Waals surface area contributed by atoms with E-state index in [1.807, 2.05) is 0 Å². The van der Waals surface area contributed by atoms with E-state index in [0.717, 1.165) is 6.42 Å². The molecule has 0 aliphatic rings. The molecule has 0 radical (unpaired) electrons. The fourth-order valence-electron chi connectivity index (χ4n) is 2.07. The molecule has 0 bridgehead atoms. The molecule has 0 aliphatic carbocycles. The molecule has 0 atom stereocenters. The number of carbonyl (C=O) groups is 1. The van der Waals surface area contributed by atoms with Crippen molar-refractivity contribution in [3.63, 3.8) is 0 Å². The maximum Gasteiger partial charge on any atom is 0.164 e. The molecule has 0 aromatic heterocycles. The van der Waals surface area contributed by atoms with Crippen molar-refractivity contribution in [2.24, 2.45) is 0 Å². The van der Waals surface area contributed by atoms with Crippen LogP contribution in [0, 0.1) is 13.8 Å². The van der Waals surface area contributed by atoms with Gasteiger partial charge in [-0.1, -0.05) is 41.4 Å². The standard InChI is InChI=1S/C17H16Cl2O/c1-11-3-4-13(9-12(11)2)5-8-17(20)15-7-6-14(18)10-16(15)19/h3-4,6-7,9-10H,5,8H2,1-2H3. The molecule has 0 heterocycles. The highest BCUT2D eigenvalue weighted by atomic mass is 35.5. The van der Waals surface area contributed by atoms with E-state index < -0.39 is 0 Å². The molecule has 1 nitrogen and oxygen atoms in total. The summed E-state index contributed by atoms with van der Waals surface area (Å²) in [5.74, 6) is 0.0462. The summed E-state index contributed by atoms with van der Waals surface area (Å²) < 4.78 is 0. The number of Topliss-reactive ketones (excluding diaryl/α,β-unsaturated/α-hetero) is 1. The smallest absolute Gasteiger partial charge is 0.164 e. The molecule has 0 saturated heterocycles. The maximum absolute atomic E-state index is 12.2. The molecule has 2 aromatic rings. The van der Waals surface area contributed by atoms with Crippen LogP contribution in [0.2, 0.25) is 10.0 Å². The van der Waals surface area contributed by atoms with Crippen LogP contribution < -0.4 is 0 Å². The van der Waals surface area contributed by atoms with Gasteiger partial charge in [0.2, 0.25) is 0 Å². The van der Waals surface area contributed by atoms with Crippen molar-refractivity contribution >= 4 is 29.0 Å². The number of hydrogen-bond donors (Lipinski definition) is 0. The van der Waals surface area contributed by atoms with E-state index in [1.165, 1.54) is 16.7 Å². The predicted octanol–water partition coefficient (Wildman–Crippen LogP) is 5.43. The van der Waals surface area contributed by atoms with Crippen LogP contribution in [0.4, 0.5) is 0 Å². The molecule has 3 heteroatoms. The Morgan fingerprint density at radius 2 is 1.75 bits per heavy atom. The van der Waals surface area contributed by atoms with E-state index in [2.05, 4.69) is 32.0 Å². The maximum atomic E-state index is 12.2. The third kappa shape index (κ3) is 3.62. The van der Waals surface area contributed by atoms with Crippen molar-refractivity contribution < 1.29 is 4.79 Å². The summed E-state index contributed by atoms with van der Waals surface area (Å²) in [5.41, 5.74) is 4.23. The molecule has 0 saturated carbocycles. The van der Waals surface area contributed by atoms with Gasteiger partial charge in [0.25, 0.3) is 0 Å². The number of benzene rings is 2. The van der Waals surface area contributed by atoms with Gasteiger partial charge in [-0.25, -0.2) is 0 Å². The lowest BCUT2D eigenvalue weighted by Gasteiger charge is -2.06.